The van der Waals surface area contributed by atoms with Crippen molar-refractivity contribution in [2.75, 3.05) is 6.54 Å². The van der Waals surface area contributed by atoms with Crippen molar-refractivity contribution in [2.45, 2.75) is 31.2 Å². The zero-order chi connectivity index (χ0) is 13.8. The quantitative estimate of drug-likeness (QED) is 0.857. The first-order chi connectivity index (χ1) is 9.81. The molecule has 2 heteroatoms. The zero-order valence-electron chi connectivity index (χ0n) is 11.6. The van der Waals surface area contributed by atoms with Gasteiger partial charge in [0.1, 0.15) is 0 Å². The summed E-state index contributed by atoms with van der Waals surface area (Å²) in [6.45, 7) is 1.07. The van der Waals surface area contributed by atoms with Crippen molar-refractivity contribution in [2.24, 2.45) is 0 Å². The van der Waals surface area contributed by atoms with Crippen molar-refractivity contribution < 1.29 is 0 Å². The lowest BCUT2D eigenvalue weighted by atomic mass is 9.76. The zero-order valence-corrected chi connectivity index (χ0v) is 12.3. The minimum atomic E-state index is 0.669. The second kappa shape index (κ2) is 6.43. The Morgan fingerprint density at radius 1 is 1.00 bits per heavy atom. The molecule has 2 aromatic rings. The normalized spacial score (nSPS) is 21.4. The van der Waals surface area contributed by atoms with Gasteiger partial charge in [-0.25, -0.2) is 0 Å². The Balaban J connectivity index is 1.40. The summed E-state index contributed by atoms with van der Waals surface area (Å²) in [7, 11) is 0. The summed E-state index contributed by atoms with van der Waals surface area (Å²) in [4.78, 5) is 0. The van der Waals surface area contributed by atoms with E-state index in [0.717, 1.165) is 18.0 Å². The van der Waals surface area contributed by atoms with Crippen LogP contribution in [-0.4, -0.2) is 12.6 Å². The Labute approximate surface area is 126 Å². The second-order valence-electron chi connectivity index (χ2n) is 5.61. The van der Waals surface area contributed by atoms with Gasteiger partial charge in [-0.1, -0.05) is 54.1 Å². The van der Waals surface area contributed by atoms with Gasteiger partial charge in [-0.15, -0.1) is 0 Å². The van der Waals surface area contributed by atoms with Crippen LogP contribution in [0, 0.1) is 0 Å². The summed E-state index contributed by atoms with van der Waals surface area (Å²) in [5.74, 6) is 0.683. The lowest BCUT2D eigenvalue weighted by Gasteiger charge is -2.36. The van der Waals surface area contributed by atoms with E-state index < -0.39 is 0 Å². The highest BCUT2D eigenvalue weighted by molar-refractivity contribution is 6.30. The molecule has 20 heavy (non-hydrogen) atoms. The van der Waals surface area contributed by atoms with E-state index in [1.54, 1.807) is 0 Å². The van der Waals surface area contributed by atoms with Crippen molar-refractivity contribution in [3.05, 3.63) is 70.7 Å². The van der Waals surface area contributed by atoms with Gasteiger partial charge in [-0.05, 0) is 55.0 Å². The summed E-state index contributed by atoms with van der Waals surface area (Å²) in [5.41, 5.74) is 2.80. The molecule has 1 saturated carbocycles. The van der Waals surface area contributed by atoms with Gasteiger partial charge in [0.05, 0.1) is 0 Å². The molecule has 0 atom stereocenters. The molecule has 1 aliphatic rings. The summed E-state index contributed by atoms with van der Waals surface area (Å²) >= 11 is 6.04. The molecule has 0 amide bonds. The third-order valence-corrected chi connectivity index (χ3v) is 4.38. The Kier molecular flexibility index (Phi) is 4.39. The molecule has 0 radical (unpaired) electrons. The van der Waals surface area contributed by atoms with Gasteiger partial charge in [-0.2, -0.15) is 0 Å². The lowest BCUT2D eigenvalue weighted by molar-refractivity contribution is 0.293. The third-order valence-electron chi connectivity index (χ3n) is 4.15. The molecule has 0 saturated heterocycles. The molecular formula is C18H20ClN. The van der Waals surface area contributed by atoms with Crippen molar-refractivity contribution in [1.82, 2.24) is 5.32 Å². The monoisotopic (exact) mass is 285 g/mol. The SMILES string of the molecule is Clc1cccc(C2CC(NCCc3ccccc3)C2)c1. The van der Waals surface area contributed by atoms with Crippen LogP contribution >= 0.6 is 11.6 Å². The minimum Gasteiger partial charge on any atom is -0.314 e. The third kappa shape index (κ3) is 3.41. The summed E-state index contributed by atoms with van der Waals surface area (Å²) in [5, 5.41) is 4.50. The predicted molar refractivity (Wildman–Crippen MR) is 85.4 cm³/mol. The average molecular weight is 286 g/mol. The highest BCUT2D eigenvalue weighted by atomic mass is 35.5. The van der Waals surface area contributed by atoms with Crippen LogP contribution in [0.15, 0.2) is 54.6 Å². The Morgan fingerprint density at radius 2 is 1.80 bits per heavy atom. The highest BCUT2D eigenvalue weighted by Crippen LogP contribution is 2.37. The van der Waals surface area contributed by atoms with E-state index in [1.807, 2.05) is 12.1 Å². The topological polar surface area (TPSA) is 12.0 Å². The first-order valence-electron chi connectivity index (χ1n) is 7.34. The van der Waals surface area contributed by atoms with Crippen LogP contribution in [0.2, 0.25) is 5.02 Å². The number of halogens is 1. The van der Waals surface area contributed by atoms with Crippen molar-refractivity contribution >= 4 is 11.6 Å². The molecule has 0 heterocycles. The van der Waals surface area contributed by atoms with Crippen LogP contribution in [0.4, 0.5) is 0 Å². The minimum absolute atomic E-state index is 0.669. The van der Waals surface area contributed by atoms with Crippen LogP contribution in [0.25, 0.3) is 0 Å². The molecule has 0 spiro atoms. The fourth-order valence-electron chi connectivity index (χ4n) is 2.88. The maximum atomic E-state index is 6.04. The van der Waals surface area contributed by atoms with Crippen molar-refractivity contribution in [3.8, 4) is 0 Å². The van der Waals surface area contributed by atoms with Gasteiger partial charge in [0, 0.05) is 11.1 Å². The van der Waals surface area contributed by atoms with Crippen LogP contribution in [0.3, 0.4) is 0 Å². The number of nitrogens with one attached hydrogen (secondary N) is 1. The number of hydrogen-bond donors (Lipinski definition) is 1. The number of benzene rings is 2. The van der Waals surface area contributed by atoms with Crippen molar-refractivity contribution in [3.63, 3.8) is 0 Å². The fourth-order valence-corrected chi connectivity index (χ4v) is 3.08. The van der Waals surface area contributed by atoms with Crippen LogP contribution in [0.1, 0.15) is 29.9 Å². The smallest absolute Gasteiger partial charge is 0.0408 e. The van der Waals surface area contributed by atoms with Gasteiger partial charge in [-0.3, -0.25) is 0 Å². The summed E-state index contributed by atoms with van der Waals surface area (Å²) < 4.78 is 0. The Bertz CT molecular complexity index is 546. The lowest BCUT2D eigenvalue weighted by Crippen LogP contribution is -2.40. The van der Waals surface area contributed by atoms with E-state index in [-0.39, 0.29) is 0 Å². The van der Waals surface area contributed by atoms with Gasteiger partial charge >= 0.3 is 0 Å². The highest BCUT2D eigenvalue weighted by Gasteiger charge is 2.29. The predicted octanol–water partition coefficient (Wildman–Crippen LogP) is 4.42. The molecule has 3 rings (SSSR count). The van der Waals surface area contributed by atoms with E-state index in [4.69, 9.17) is 11.6 Å². The van der Waals surface area contributed by atoms with E-state index in [1.165, 1.54) is 24.0 Å². The van der Waals surface area contributed by atoms with Crippen LogP contribution in [0.5, 0.6) is 0 Å². The van der Waals surface area contributed by atoms with Crippen LogP contribution in [-0.2, 0) is 6.42 Å². The molecule has 1 N–H and O–H groups in total. The molecular weight excluding hydrogens is 266 g/mol. The number of rotatable bonds is 5. The van der Waals surface area contributed by atoms with Gasteiger partial charge in [0.25, 0.3) is 0 Å². The molecule has 1 aliphatic carbocycles. The Hall–Kier alpha value is -1.31. The molecule has 2 aromatic carbocycles. The first-order valence-corrected chi connectivity index (χ1v) is 7.72. The summed E-state index contributed by atoms with van der Waals surface area (Å²) in [6, 6.07) is 19.6. The maximum absolute atomic E-state index is 6.04. The molecule has 0 aliphatic heterocycles. The van der Waals surface area contributed by atoms with E-state index in [2.05, 4.69) is 47.8 Å². The Morgan fingerprint density at radius 3 is 2.55 bits per heavy atom. The fraction of sp³-hybridized carbons (Fsp3) is 0.333. The molecule has 1 nitrogen and oxygen atoms in total. The van der Waals surface area contributed by atoms with Gasteiger partial charge in [0.15, 0.2) is 0 Å². The van der Waals surface area contributed by atoms with E-state index >= 15 is 0 Å². The standard InChI is InChI=1S/C18H20ClN/c19-17-8-4-7-15(11-17)16-12-18(13-16)20-10-9-14-5-2-1-3-6-14/h1-8,11,16,18,20H,9-10,12-13H2. The molecule has 0 bridgehead atoms. The molecule has 104 valence electrons. The first kappa shape index (κ1) is 13.7. The van der Waals surface area contributed by atoms with Crippen LogP contribution < -0.4 is 5.32 Å². The van der Waals surface area contributed by atoms with Gasteiger partial charge < -0.3 is 5.32 Å². The summed E-state index contributed by atoms with van der Waals surface area (Å²) in [6.07, 6.45) is 3.57. The average Bonchev–Trinajstić information content (AvgIpc) is 2.42. The maximum Gasteiger partial charge on any atom is 0.0408 e. The molecule has 1 fully saturated rings. The van der Waals surface area contributed by atoms with E-state index in [0.29, 0.717) is 12.0 Å². The van der Waals surface area contributed by atoms with Gasteiger partial charge in [0.2, 0.25) is 0 Å². The largest absolute Gasteiger partial charge is 0.314 e. The molecule has 0 unspecified atom stereocenters. The number of hydrogen-bond acceptors (Lipinski definition) is 1. The molecule has 0 aromatic heterocycles. The van der Waals surface area contributed by atoms with Crippen molar-refractivity contribution in [1.29, 1.82) is 0 Å². The van der Waals surface area contributed by atoms with E-state index in [9.17, 15) is 0 Å². The second-order valence-corrected chi connectivity index (χ2v) is 6.05.